The molecule has 4 heteroatoms. The van der Waals surface area contributed by atoms with Crippen LogP contribution in [0.15, 0.2) is 30.3 Å². The van der Waals surface area contributed by atoms with E-state index in [0.717, 1.165) is 19.5 Å². The number of aliphatic hydroxyl groups is 1. The Kier molecular flexibility index (Phi) is 4.93. The zero-order valence-electron chi connectivity index (χ0n) is 11.4. The summed E-state index contributed by atoms with van der Waals surface area (Å²) in [5.41, 5.74) is 1.23. The Labute approximate surface area is 114 Å². The second kappa shape index (κ2) is 6.68. The van der Waals surface area contributed by atoms with Gasteiger partial charge in [-0.1, -0.05) is 30.3 Å². The predicted octanol–water partition coefficient (Wildman–Crippen LogP) is 1.15. The molecule has 1 saturated heterocycles. The lowest BCUT2D eigenvalue weighted by Crippen LogP contribution is -2.43. The largest absolute Gasteiger partial charge is 0.395 e. The van der Waals surface area contributed by atoms with Crippen LogP contribution in [0.25, 0.3) is 0 Å². The van der Waals surface area contributed by atoms with Crippen molar-refractivity contribution in [2.45, 2.75) is 38.4 Å². The molecule has 19 heavy (non-hydrogen) atoms. The second-order valence-corrected chi connectivity index (χ2v) is 5.25. The average Bonchev–Trinajstić information content (AvgIpc) is 2.84. The van der Waals surface area contributed by atoms with E-state index in [2.05, 4.69) is 22.3 Å². The van der Waals surface area contributed by atoms with Crippen LogP contribution in [0.1, 0.15) is 25.3 Å². The van der Waals surface area contributed by atoms with Crippen LogP contribution in [0.4, 0.5) is 0 Å². The highest BCUT2D eigenvalue weighted by Crippen LogP contribution is 2.13. The van der Waals surface area contributed by atoms with Crippen molar-refractivity contribution in [3.8, 4) is 0 Å². The van der Waals surface area contributed by atoms with Gasteiger partial charge in [-0.2, -0.15) is 0 Å². The van der Waals surface area contributed by atoms with Gasteiger partial charge in [0.1, 0.15) is 0 Å². The first-order valence-corrected chi connectivity index (χ1v) is 6.87. The second-order valence-electron chi connectivity index (χ2n) is 5.25. The van der Waals surface area contributed by atoms with Crippen molar-refractivity contribution >= 4 is 5.91 Å². The van der Waals surface area contributed by atoms with E-state index in [4.69, 9.17) is 0 Å². The standard InChI is InChI=1S/C15H22N2O2/c1-12(11-18)17(9-13-5-3-2-4-6-13)10-14-7-8-15(19)16-14/h2-6,12,14,18H,7-11H2,1H3,(H,16,19). The minimum atomic E-state index is 0.0951. The molecule has 1 aliphatic rings. The third-order valence-corrected chi connectivity index (χ3v) is 3.66. The van der Waals surface area contributed by atoms with Gasteiger partial charge in [0, 0.05) is 31.6 Å². The van der Waals surface area contributed by atoms with Gasteiger partial charge in [-0.25, -0.2) is 0 Å². The third-order valence-electron chi connectivity index (χ3n) is 3.66. The summed E-state index contributed by atoms with van der Waals surface area (Å²) in [5.74, 6) is 0.140. The fourth-order valence-electron chi connectivity index (χ4n) is 2.43. The summed E-state index contributed by atoms with van der Waals surface area (Å²) in [6, 6.07) is 10.5. The summed E-state index contributed by atoms with van der Waals surface area (Å²) in [6.07, 6.45) is 1.51. The smallest absolute Gasteiger partial charge is 0.220 e. The maximum Gasteiger partial charge on any atom is 0.220 e. The van der Waals surface area contributed by atoms with Crippen molar-refractivity contribution in [2.24, 2.45) is 0 Å². The topological polar surface area (TPSA) is 52.6 Å². The van der Waals surface area contributed by atoms with Crippen LogP contribution in [0.3, 0.4) is 0 Å². The molecule has 0 radical (unpaired) electrons. The third kappa shape index (κ3) is 4.04. The van der Waals surface area contributed by atoms with E-state index in [9.17, 15) is 9.90 Å². The van der Waals surface area contributed by atoms with Crippen LogP contribution >= 0.6 is 0 Å². The molecule has 2 atom stereocenters. The molecule has 1 aliphatic heterocycles. The van der Waals surface area contributed by atoms with Crippen LogP contribution in [0, 0.1) is 0 Å². The van der Waals surface area contributed by atoms with E-state index in [1.54, 1.807) is 0 Å². The van der Waals surface area contributed by atoms with Gasteiger partial charge in [0.2, 0.25) is 5.91 Å². The lowest BCUT2D eigenvalue weighted by atomic mass is 10.1. The SMILES string of the molecule is CC(CO)N(Cc1ccccc1)CC1CCC(=O)N1. The lowest BCUT2D eigenvalue weighted by molar-refractivity contribution is -0.119. The van der Waals surface area contributed by atoms with Crippen LogP contribution in [0.2, 0.25) is 0 Å². The Morgan fingerprint density at radius 1 is 1.42 bits per heavy atom. The molecular weight excluding hydrogens is 240 g/mol. The maximum absolute atomic E-state index is 11.3. The number of nitrogens with zero attached hydrogens (tertiary/aromatic N) is 1. The number of nitrogens with one attached hydrogen (secondary N) is 1. The molecule has 1 fully saturated rings. The number of carbonyl (C=O) groups excluding carboxylic acids is 1. The highest BCUT2D eigenvalue weighted by molar-refractivity contribution is 5.78. The summed E-state index contributed by atoms with van der Waals surface area (Å²) >= 11 is 0. The van der Waals surface area contributed by atoms with Crippen LogP contribution in [-0.4, -0.2) is 41.1 Å². The van der Waals surface area contributed by atoms with Crippen molar-refractivity contribution in [3.63, 3.8) is 0 Å². The fourth-order valence-corrected chi connectivity index (χ4v) is 2.43. The Hall–Kier alpha value is -1.39. The molecule has 1 aromatic rings. The van der Waals surface area contributed by atoms with Crippen LogP contribution in [0.5, 0.6) is 0 Å². The molecule has 0 spiro atoms. The van der Waals surface area contributed by atoms with Crippen LogP contribution < -0.4 is 5.32 Å². The van der Waals surface area contributed by atoms with Crippen LogP contribution in [-0.2, 0) is 11.3 Å². The van der Waals surface area contributed by atoms with Crippen molar-refractivity contribution < 1.29 is 9.90 Å². The number of amides is 1. The molecule has 2 rings (SSSR count). The van der Waals surface area contributed by atoms with Gasteiger partial charge in [-0.05, 0) is 18.9 Å². The highest BCUT2D eigenvalue weighted by Gasteiger charge is 2.25. The van der Waals surface area contributed by atoms with Crippen molar-refractivity contribution in [1.82, 2.24) is 10.2 Å². The summed E-state index contributed by atoms with van der Waals surface area (Å²) in [4.78, 5) is 13.5. The number of hydrogen-bond donors (Lipinski definition) is 2. The zero-order valence-corrected chi connectivity index (χ0v) is 11.4. The van der Waals surface area contributed by atoms with Gasteiger partial charge in [-0.3, -0.25) is 9.69 Å². The van der Waals surface area contributed by atoms with E-state index in [1.165, 1.54) is 5.56 Å². The van der Waals surface area contributed by atoms with E-state index < -0.39 is 0 Å². The Bertz CT molecular complexity index is 408. The Morgan fingerprint density at radius 3 is 2.74 bits per heavy atom. The summed E-state index contributed by atoms with van der Waals surface area (Å²) in [6.45, 7) is 3.74. The van der Waals surface area contributed by atoms with Crippen molar-refractivity contribution in [2.75, 3.05) is 13.2 Å². The predicted molar refractivity (Wildman–Crippen MR) is 74.6 cm³/mol. The van der Waals surface area contributed by atoms with Crippen molar-refractivity contribution in [1.29, 1.82) is 0 Å². The Balaban J connectivity index is 1.97. The fraction of sp³-hybridized carbons (Fsp3) is 0.533. The number of benzene rings is 1. The molecule has 2 unspecified atom stereocenters. The van der Waals surface area contributed by atoms with Gasteiger partial charge in [0.25, 0.3) is 0 Å². The molecule has 0 aliphatic carbocycles. The Morgan fingerprint density at radius 2 is 2.16 bits per heavy atom. The molecule has 1 heterocycles. The molecule has 0 bridgehead atoms. The average molecular weight is 262 g/mol. The summed E-state index contributed by atoms with van der Waals surface area (Å²) < 4.78 is 0. The van der Waals surface area contributed by atoms with E-state index in [0.29, 0.717) is 6.42 Å². The maximum atomic E-state index is 11.3. The number of aliphatic hydroxyl groups excluding tert-OH is 1. The summed E-state index contributed by atoms with van der Waals surface area (Å²) in [5, 5.41) is 12.4. The normalized spacial score (nSPS) is 20.6. The molecule has 1 amide bonds. The molecule has 4 nitrogen and oxygen atoms in total. The van der Waals surface area contributed by atoms with Gasteiger partial charge >= 0.3 is 0 Å². The first kappa shape index (κ1) is 14.0. The first-order valence-electron chi connectivity index (χ1n) is 6.87. The minimum absolute atomic E-state index is 0.0951. The van der Waals surface area contributed by atoms with Gasteiger partial charge < -0.3 is 10.4 Å². The monoisotopic (exact) mass is 262 g/mol. The van der Waals surface area contributed by atoms with E-state index in [1.807, 2.05) is 25.1 Å². The molecule has 104 valence electrons. The van der Waals surface area contributed by atoms with Gasteiger partial charge in [0.15, 0.2) is 0 Å². The number of rotatable bonds is 6. The van der Waals surface area contributed by atoms with Crippen molar-refractivity contribution in [3.05, 3.63) is 35.9 Å². The van der Waals surface area contributed by atoms with E-state index >= 15 is 0 Å². The molecule has 0 aromatic heterocycles. The molecule has 1 aromatic carbocycles. The van der Waals surface area contributed by atoms with Gasteiger partial charge in [0.05, 0.1) is 6.61 Å². The number of hydrogen-bond acceptors (Lipinski definition) is 3. The highest BCUT2D eigenvalue weighted by atomic mass is 16.3. The molecular formula is C15H22N2O2. The lowest BCUT2D eigenvalue weighted by Gasteiger charge is -2.30. The molecule has 2 N–H and O–H groups in total. The van der Waals surface area contributed by atoms with E-state index in [-0.39, 0.29) is 24.6 Å². The first-order chi connectivity index (χ1) is 9.19. The zero-order chi connectivity index (χ0) is 13.7. The quantitative estimate of drug-likeness (QED) is 0.808. The summed E-state index contributed by atoms with van der Waals surface area (Å²) in [7, 11) is 0. The van der Waals surface area contributed by atoms with Gasteiger partial charge in [-0.15, -0.1) is 0 Å². The molecule has 0 saturated carbocycles. The minimum Gasteiger partial charge on any atom is -0.395 e. The number of carbonyl (C=O) groups is 1.